The SMILES string of the molecule is Cc1cc(/C=C(/C#N)c2ccc(C(=O)O)cc2)c(C)n1-c1ccccc1Cl. The number of carboxylic acids is 1. The van der Waals surface area contributed by atoms with Gasteiger partial charge in [0, 0.05) is 11.4 Å². The lowest BCUT2D eigenvalue weighted by atomic mass is 10.0. The summed E-state index contributed by atoms with van der Waals surface area (Å²) in [6, 6.07) is 18.1. The number of benzene rings is 2. The first-order chi connectivity index (χ1) is 12.9. The van der Waals surface area contributed by atoms with Gasteiger partial charge in [0.15, 0.2) is 0 Å². The summed E-state index contributed by atoms with van der Waals surface area (Å²) in [6.45, 7) is 3.96. The number of nitrogens with zero attached hydrogens (tertiary/aromatic N) is 2. The average Bonchev–Trinajstić information content (AvgIpc) is 2.93. The molecule has 0 aliphatic carbocycles. The molecule has 0 spiro atoms. The van der Waals surface area contributed by atoms with Crippen molar-refractivity contribution in [3.8, 4) is 11.8 Å². The third kappa shape index (κ3) is 3.64. The van der Waals surface area contributed by atoms with Crippen LogP contribution in [0, 0.1) is 25.2 Å². The van der Waals surface area contributed by atoms with Crippen LogP contribution in [0.4, 0.5) is 0 Å². The normalized spacial score (nSPS) is 11.3. The lowest BCUT2D eigenvalue weighted by Crippen LogP contribution is -1.99. The van der Waals surface area contributed by atoms with Crippen molar-refractivity contribution in [1.29, 1.82) is 5.26 Å². The van der Waals surface area contributed by atoms with Crippen molar-refractivity contribution in [1.82, 2.24) is 4.57 Å². The van der Waals surface area contributed by atoms with Crippen molar-refractivity contribution < 1.29 is 9.90 Å². The Kier molecular flexibility index (Phi) is 5.16. The van der Waals surface area contributed by atoms with Gasteiger partial charge in [-0.25, -0.2) is 4.79 Å². The summed E-state index contributed by atoms with van der Waals surface area (Å²) in [5, 5.41) is 19.3. The van der Waals surface area contributed by atoms with Gasteiger partial charge in [-0.15, -0.1) is 0 Å². The van der Waals surface area contributed by atoms with Crippen LogP contribution in [0.1, 0.15) is 32.9 Å². The van der Waals surface area contributed by atoms with E-state index < -0.39 is 5.97 Å². The standard InChI is InChI=1S/C22H17ClN2O2/c1-14-11-18(15(2)25(14)21-6-4-3-5-20(21)23)12-19(13-24)16-7-9-17(10-8-16)22(26)27/h3-12H,1-2H3,(H,26,27)/b19-12-. The molecule has 2 aromatic carbocycles. The lowest BCUT2D eigenvalue weighted by Gasteiger charge is -2.11. The van der Waals surface area contributed by atoms with Crippen molar-refractivity contribution in [2.75, 3.05) is 0 Å². The Morgan fingerprint density at radius 2 is 1.74 bits per heavy atom. The largest absolute Gasteiger partial charge is 0.478 e. The number of aromatic carboxylic acids is 1. The number of allylic oxidation sites excluding steroid dienone is 1. The molecule has 3 aromatic rings. The number of carbonyl (C=O) groups is 1. The van der Waals surface area contributed by atoms with Gasteiger partial charge in [0.05, 0.1) is 27.9 Å². The highest BCUT2D eigenvalue weighted by Gasteiger charge is 2.13. The minimum absolute atomic E-state index is 0.188. The van der Waals surface area contributed by atoms with Crippen LogP contribution in [0.2, 0.25) is 5.02 Å². The van der Waals surface area contributed by atoms with Gasteiger partial charge < -0.3 is 9.67 Å². The summed E-state index contributed by atoms with van der Waals surface area (Å²) in [6.07, 6.45) is 1.81. The minimum atomic E-state index is -0.993. The molecule has 0 aliphatic rings. The van der Waals surface area contributed by atoms with Crippen molar-refractivity contribution in [3.05, 3.63) is 87.7 Å². The molecule has 1 N–H and O–H groups in total. The fourth-order valence-corrected chi connectivity index (χ4v) is 3.29. The summed E-state index contributed by atoms with van der Waals surface area (Å²) in [5.41, 5.74) is 5.09. The van der Waals surface area contributed by atoms with Crippen LogP contribution in [-0.4, -0.2) is 15.6 Å². The molecular weight excluding hydrogens is 360 g/mol. The summed E-state index contributed by atoms with van der Waals surface area (Å²) in [7, 11) is 0. The fourth-order valence-electron chi connectivity index (χ4n) is 3.07. The van der Waals surface area contributed by atoms with Crippen molar-refractivity contribution in [2.24, 2.45) is 0 Å². The molecule has 4 nitrogen and oxygen atoms in total. The first kappa shape index (κ1) is 18.5. The number of para-hydroxylation sites is 1. The monoisotopic (exact) mass is 376 g/mol. The van der Waals surface area contributed by atoms with E-state index >= 15 is 0 Å². The molecule has 0 bridgehead atoms. The van der Waals surface area contributed by atoms with E-state index in [4.69, 9.17) is 16.7 Å². The summed E-state index contributed by atoms with van der Waals surface area (Å²) in [5.74, 6) is -0.993. The maximum Gasteiger partial charge on any atom is 0.335 e. The van der Waals surface area contributed by atoms with Gasteiger partial charge >= 0.3 is 5.97 Å². The Balaban J connectivity index is 2.06. The third-order valence-corrected chi connectivity index (χ3v) is 4.75. The second-order valence-corrected chi connectivity index (χ2v) is 6.57. The van der Waals surface area contributed by atoms with Gasteiger partial charge in [-0.05, 0) is 61.4 Å². The fraction of sp³-hybridized carbons (Fsp3) is 0.0909. The predicted molar refractivity (Wildman–Crippen MR) is 107 cm³/mol. The number of aryl methyl sites for hydroxylation is 1. The maximum atomic E-state index is 11.0. The van der Waals surface area contributed by atoms with Crippen LogP contribution >= 0.6 is 11.6 Å². The highest BCUT2D eigenvalue weighted by atomic mass is 35.5. The number of hydrogen-bond acceptors (Lipinski definition) is 2. The van der Waals surface area contributed by atoms with Crippen molar-refractivity contribution >= 4 is 29.2 Å². The Labute approximate surface area is 162 Å². The number of halogens is 1. The summed E-state index contributed by atoms with van der Waals surface area (Å²) < 4.78 is 2.05. The van der Waals surface area contributed by atoms with Crippen molar-refractivity contribution in [3.63, 3.8) is 0 Å². The zero-order valence-electron chi connectivity index (χ0n) is 14.9. The highest BCUT2D eigenvalue weighted by Crippen LogP contribution is 2.28. The highest BCUT2D eigenvalue weighted by molar-refractivity contribution is 6.32. The first-order valence-corrected chi connectivity index (χ1v) is 8.69. The van der Waals surface area contributed by atoms with Crippen LogP contribution in [0.5, 0.6) is 0 Å². The predicted octanol–water partition coefficient (Wildman–Crippen LogP) is 5.51. The van der Waals surface area contributed by atoms with Gasteiger partial charge in [0.1, 0.15) is 0 Å². The van der Waals surface area contributed by atoms with E-state index in [1.54, 1.807) is 12.1 Å². The molecule has 0 atom stereocenters. The topological polar surface area (TPSA) is 66.0 Å². The number of nitriles is 1. The molecular formula is C22H17ClN2O2. The second-order valence-electron chi connectivity index (χ2n) is 6.17. The van der Waals surface area contributed by atoms with Crippen LogP contribution in [0.3, 0.4) is 0 Å². The molecule has 5 heteroatoms. The number of aromatic nitrogens is 1. The summed E-state index contributed by atoms with van der Waals surface area (Å²) in [4.78, 5) is 11.0. The molecule has 0 saturated heterocycles. The second kappa shape index (κ2) is 7.53. The van der Waals surface area contributed by atoms with Gasteiger partial charge in [-0.1, -0.05) is 35.9 Å². The molecule has 0 fully saturated rings. The molecule has 0 amide bonds. The van der Waals surface area contributed by atoms with Gasteiger partial charge in [-0.2, -0.15) is 5.26 Å². The molecule has 3 rings (SSSR count). The van der Waals surface area contributed by atoms with Gasteiger partial charge in [0.2, 0.25) is 0 Å². The van der Waals surface area contributed by atoms with E-state index in [1.165, 1.54) is 12.1 Å². The van der Waals surface area contributed by atoms with E-state index in [-0.39, 0.29) is 5.56 Å². The van der Waals surface area contributed by atoms with Crippen LogP contribution < -0.4 is 0 Å². The quantitative estimate of drug-likeness (QED) is 0.610. The maximum absolute atomic E-state index is 11.0. The third-order valence-electron chi connectivity index (χ3n) is 4.43. The van der Waals surface area contributed by atoms with Crippen LogP contribution in [0.15, 0.2) is 54.6 Å². The molecule has 0 unspecified atom stereocenters. The minimum Gasteiger partial charge on any atom is -0.478 e. The van der Waals surface area contributed by atoms with Gasteiger partial charge in [0.25, 0.3) is 0 Å². The molecule has 0 aliphatic heterocycles. The Bertz CT molecular complexity index is 1090. The number of carboxylic acid groups (broad SMARTS) is 1. The molecule has 134 valence electrons. The Morgan fingerprint density at radius 1 is 1.11 bits per heavy atom. The van der Waals surface area contributed by atoms with Crippen LogP contribution in [-0.2, 0) is 0 Å². The van der Waals surface area contributed by atoms with E-state index in [2.05, 4.69) is 10.6 Å². The molecule has 1 aromatic heterocycles. The Morgan fingerprint density at radius 3 is 2.33 bits per heavy atom. The molecule has 0 saturated carbocycles. The zero-order chi connectivity index (χ0) is 19.6. The smallest absolute Gasteiger partial charge is 0.335 e. The average molecular weight is 377 g/mol. The van der Waals surface area contributed by atoms with E-state index in [0.29, 0.717) is 16.2 Å². The first-order valence-electron chi connectivity index (χ1n) is 8.31. The van der Waals surface area contributed by atoms with Crippen molar-refractivity contribution in [2.45, 2.75) is 13.8 Å². The van der Waals surface area contributed by atoms with E-state index in [0.717, 1.165) is 22.6 Å². The van der Waals surface area contributed by atoms with Gasteiger partial charge in [-0.3, -0.25) is 0 Å². The van der Waals surface area contributed by atoms with Crippen LogP contribution in [0.25, 0.3) is 17.3 Å². The lowest BCUT2D eigenvalue weighted by molar-refractivity contribution is 0.0697. The number of hydrogen-bond donors (Lipinski definition) is 1. The molecule has 27 heavy (non-hydrogen) atoms. The van der Waals surface area contributed by atoms with E-state index in [1.807, 2.05) is 50.3 Å². The Hall–Kier alpha value is -3.29. The molecule has 1 heterocycles. The molecule has 0 radical (unpaired) electrons. The zero-order valence-corrected chi connectivity index (χ0v) is 15.7. The number of rotatable bonds is 4. The summed E-state index contributed by atoms with van der Waals surface area (Å²) >= 11 is 6.34. The van der Waals surface area contributed by atoms with E-state index in [9.17, 15) is 10.1 Å².